The molecule has 2 N–H and O–H groups in total. The molecule has 5 nitrogen and oxygen atoms in total. The summed E-state index contributed by atoms with van der Waals surface area (Å²) in [4.78, 5) is 8.89. The van der Waals surface area contributed by atoms with Crippen LogP contribution >= 0.6 is 0 Å². The van der Waals surface area contributed by atoms with Gasteiger partial charge in [0, 0.05) is 25.3 Å². The van der Waals surface area contributed by atoms with Gasteiger partial charge in [0.2, 0.25) is 0 Å². The molecule has 18 heavy (non-hydrogen) atoms. The first-order valence-corrected chi connectivity index (χ1v) is 6.54. The SMILES string of the molecule is CCCNc1cc(NC2(C)CC2)nc(COC)n1. The van der Waals surface area contributed by atoms with E-state index in [0.29, 0.717) is 12.4 Å². The Kier molecular flexibility index (Phi) is 4.01. The fourth-order valence-corrected chi connectivity index (χ4v) is 1.72. The molecule has 1 aromatic rings. The van der Waals surface area contributed by atoms with E-state index in [1.165, 1.54) is 12.8 Å². The molecule has 100 valence electrons. The molecular formula is C13H22N4O. The number of nitrogens with one attached hydrogen (secondary N) is 2. The second-order valence-electron chi connectivity index (χ2n) is 5.10. The maximum Gasteiger partial charge on any atom is 0.158 e. The van der Waals surface area contributed by atoms with Crippen LogP contribution < -0.4 is 10.6 Å². The highest BCUT2D eigenvalue weighted by atomic mass is 16.5. The van der Waals surface area contributed by atoms with Crippen molar-refractivity contribution in [3.63, 3.8) is 0 Å². The van der Waals surface area contributed by atoms with Crippen LogP contribution in [0.5, 0.6) is 0 Å². The minimum atomic E-state index is 0.223. The molecule has 0 atom stereocenters. The number of nitrogens with zero attached hydrogens (tertiary/aromatic N) is 2. The third-order valence-corrected chi connectivity index (χ3v) is 3.03. The molecule has 0 unspecified atom stereocenters. The Morgan fingerprint density at radius 2 is 2.06 bits per heavy atom. The number of methoxy groups -OCH3 is 1. The molecule has 5 heteroatoms. The topological polar surface area (TPSA) is 59.1 Å². The predicted octanol–water partition coefficient (Wildman–Crippen LogP) is 2.41. The van der Waals surface area contributed by atoms with Crippen molar-refractivity contribution in [1.29, 1.82) is 0 Å². The van der Waals surface area contributed by atoms with Crippen molar-refractivity contribution in [3.05, 3.63) is 11.9 Å². The minimum Gasteiger partial charge on any atom is -0.377 e. The summed E-state index contributed by atoms with van der Waals surface area (Å²) in [6, 6.07) is 1.97. The summed E-state index contributed by atoms with van der Waals surface area (Å²) in [5.41, 5.74) is 0.223. The van der Waals surface area contributed by atoms with E-state index in [9.17, 15) is 0 Å². The van der Waals surface area contributed by atoms with Gasteiger partial charge in [-0.2, -0.15) is 0 Å². The van der Waals surface area contributed by atoms with E-state index < -0.39 is 0 Å². The number of rotatable bonds is 7. The van der Waals surface area contributed by atoms with Gasteiger partial charge in [-0.15, -0.1) is 0 Å². The van der Waals surface area contributed by atoms with E-state index in [1.54, 1.807) is 7.11 Å². The smallest absolute Gasteiger partial charge is 0.158 e. The van der Waals surface area contributed by atoms with Gasteiger partial charge in [0.15, 0.2) is 5.82 Å². The van der Waals surface area contributed by atoms with Crippen molar-refractivity contribution in [3.8, 4) is 0 Å². The second-order valence-corrected chi connectivity index (χ2v) is 5.10. The van der Waals surface area contributed by atoms with Crippen LogP contribution in [0, 0.1) is 0 Å². The zero-order valence-electron chi connectivity index (χ0n) is 11.4. The van der Waals surface area contributed by atoms with Crippen molar-refractivity contribution in [2.75, 3.05) is 24.3 Å². The van der Waals surface area contributed by atoms with E-state index in [0.717, 1.165) is 24.6 Å². The fourth-order valence-electron chi connectivity index (χ4n) is 1.72. The van der Waals surface area contributed by atoms with Gasteiger partial charge >= 0.3 is 0 Å². The largest absolute Gasteiger partial charge is 0.377 e. The van der Waals surface area contributed by atoms with Gasteiger partial charge in [0.05, 0.1) is 0 Å². The molecule has 0 aliphatic heterocycles. The summed E-state index contributed by atoms with van der Waals surface area (Å²) in [5, 5.41) is 6.75. The van der Waals surface area contributed by atoms with Crippen LogP contribution in [0.25, 0.3) is 0 Å². The Balaban J connectivity index is 2.13. The highest BCUT2D eigenvalue weighted by Gasteiger charge is 2.37. The van der Waals surface area contributed by atoms with Crippen molar-refractivity contribution in [2.45, 2.75) is 45.3 Å². The minimum absolute atomic E-state index is 0.223. The van der Waals surface area contributed by atoms with E-state index in [4.69, 9.17) is 4.74 Å². The highest BCUT2D eigenvalue weighted by molar-refractivity contribution is 5.49. The molecule has 1 aliphatic rings. The average Bonchev–Trinajstić information content (AvgIpc) is 3.04. The first-order chi connectivity index (χ1) is 8.65. The van der Waals surface area contributed by atoms with E-state index in [2.05, 4.69) is 34.4 Å². The van der Waals surface area contributed by atoms with Gasteiger partial charge in [-0.25, -0.2) is 9.97 Å². The van der Waals surface area contributed by atoms with E-state index in [-0.39, 0.29) is 5.54 Å². The summed E-state index contributed by atoms with van der Waals surface area (Å²) < 4.78 is 5.11. The third kappa shape index (κ3) is 3.57. The van der Waals surface area contributed by atoms with Crippen LogP contribution in [-0.2, 0) is 11.3 Å². The van der Waals surface area contributed by atoms with Crippen LogP contribution in [0.3, 0.4) is 0 Å². The van der Waals surface area contributed by atoms with Crippen molar-refractivity contribution >= 4 is 11.6 Å². The first-order valence-electron chi connectivity index (χ1n) is 6.54. The molecule has 1 heterocycles. The van der Waals surface area contributed by atoms with Crippen molar-refractivity contribution in [1.82, 2.24) is 9.97 Å². The molecule has 0 aromatic carbocycles. The van der Waals surface area contributed by atoms with Crippen LogP contribution in [-0.4, -0.2) is 29.2 Å². The highest BCUT2D eigenvalue weighted by Crippen LogP contribution is 2.37. The molecule has 0 saturated heterocycles. The fraction of sp³-hybridized carbons (Fsp3) is 0.692. The molecule has 1 aromatic heterocycles. The Morgan fingerprint density at radius 1 is 1.33 bits per heavy atom. The summed E-state index contributed by atoms with van der Waals surface area (Å²) in [5.74, 6) is 2.46. The lowest BCUT2D eigenvalue weighted by atomic mass is 10.3. The number of hydrogen-bond donors (Lipinski definition) is 2. The summed E-state index contributed by atoms with van der Waals surface area (Å²) in [7, 11) is 1.66. The normalized spacial score (nSPS) is 16.4. The van der Waals surface area contributed by atoms with Crippen LogP contribution in [0.15, 0.2) is 6.07 Å². The molecule has 1 fully saturated rings. The van der Waals surface area contributed by atoms with Gasteiger partial charge in [0.25, 0.3) is 0 Å². The van der Waals surface area contributed by atoms with Gasteiger partial charge < -0.3 is 15.4 Å². The summed E-state index contributed by atoms with van der Waals surface area (Å²) in [6.45, 7) is 5.70. The van der Waals surface area contributed by atoms with Crippen LogP contribution in [0.1, 0.15) is 38.9 Å². The van der Waals surface area contributed by atoms with Gasteiger partial charge in [-0.1, -0.05) is 6.92 Å². The molecule has 0 spiro atoms. The van der Waals surface area contributed by atoms with Crippen molar-refractivity contribution in [2.24, 2.45) is 0 Å². The van der Waals surface area contributed by atoms with Gasteiger partial charge in [-0.3, -0.25) is 0 Å². The van der Waals surface area contributed by atoms with Crippen molar-refractivity contribution < 1.29 is 4.74 Å². The van der Waals surface area contributed by atoms with E-state index >= 15 is 0 Å². The molecule has 1 aliphatic carbocycles. The molecule has 0 bridgehead atoms. The lowest BCUT2D eigenvalue weighted by Crippen LogP contribution is -2.18. The third-order valence-electron chi connectivity index (χ3n) is 3.03. The quantitative estimate of drug-likeness (QED) is 0.778. The number of aromatic nitrogens is 2. The summed E-state index contributed by atoms with van der Waals surface area (Å²) >= 11 is 0. The number of ether oxygens (including phenoxy) is 1. The standard InChI is InChI=1S/C13H22N4O/c1-4-7-14-10-8-11(17-13(2)5-6-13)16-12(15-10)9-18-3/h8H,4-7,9H2,1-3H3,(H2,14,15,16,17). The van der Waals surface area contributed by atoms with Gasteiger partial charge in [-0.05, 0) is 26.2 Å². The predicted molar refractivity (Wildman–Crippen MR) is 72.8 cm³/mol. The molecule has 0 radical (unpaired) electrons. The lowest BCUT2D eigenvalue weighted by Gasteiger charge is -2.14. The molecular weight excluding hydrogens is 228 g/mol. The molecule has 0 amide bonds. The van der Waals surface area contributed by atoms with Crippen LogP contribution in [0.4, 0.5) is 11.6 Å². The Bertz CT molecular complexity index is 404. The Morgan fingerprint density at radius 3 is 2.67 bits per heavy atom. The second kappa shape index (κ2) is 5.52. The zero-order chi connectivity index (χ0) is 13.0. The maximum absolute atomic E-state index is 5.11. The average molecular weight is 250 g/mol. The number of hydrogen-bond acceptors (Lipinski definition) is 5. The monoisotopic (exact) mass is 250 g/mol. The van der Waals surface area contributed by atoms with E-state index in [1.807, 2.05) is 6.07 Å². The number of anilines is 2. The molecule has 2 rings (SSSR count). The molecule has 1 saturated carbocycles. The zero-order valence-corrected chi connectivity index (χ0v) is 11.4. The van der Waals surface area contributed by atoms with Gasteiger partial charge in [0.1, 0.15) is 18.2 Å². The first kappa shape index (κ1) is 13.1. The lowest BCUT2D eigenvalue weighted by molar-refractivity contribution is 0.178. The Labute approximate surface area is 108 Å². The summed E-state index contributed by atoms with van der Waals surface area (Å²) in [6.07, 6.45) is 3.48. The maximum atomic E-state index is 5.11. The van der Waals surface area contributed by atoms with Crippen LogP contribution in [0.2, 0.25) is 0 Å². The Hall–Kier alpha value is -1.36.